The molecule has 0 radical (unpaired) electrons. The molecule has 0 saturated carbocycles. The Morgan fingerprint density at radius 1 is 1.60 bits per heavy atom. The Hall–Kier alpha value is -0.840. The van der Waals surface area contributed by atoms with Gasteiger partial charge in [0.1, 0.15) is 11.3 Å². The van der Waals surface area contributed by atoms with Crippen LogP contribution >= 0.6 is 22.9 Å². The maximum atomic E-state index is 10.1. The van der Waals surface area contributed by atoms with Crippen molar-refractivity contribution in [3.63, 3.8) is 0 Å². The van der Waals surface area contributed by atoms with Gasteiger partial charge < -0.3 is 5.11 Å². The molecule has 2 rings (SSSR count). The monoisotopic (exact) mass is 242 g/mol. The second kappa shape index (κ2) is 3.96. The predicted octanol–water partition coefficient (Wildman–Crippen LogP) is 2.53. The summed E-state index contributed by atoms with van der Waals surface area (Å²) in [5.74, 6) is 0. The summed E-state index contributed by atoms with van der Waals surface area (Å²) in [5.41, 5.74) is 2.32. The van der Waals surface area contributed by atoms with E-state index in [-0.39, 0.29) is 0 Å². The molecule has 80 valence electrons. The van der Waals surface area contributed by atoms with Gasteiger partial charge in [0, 0.05) is 12.6 Å². The molecule has 0 aromatic carbocycles. The van der Waals surface area contributed by atoms with Crippen LogP contribution in [-0.2, 0) is 7.05 Å². The Labute approximate surface area is 96.9 Å². The summed E-state index contributed by atoms with van der Waals surface area (Å²) in [4.78, 5) is 0. The van der Waals surface area contributed by atoms with Crippen molar-refractivity contribution >= 4 is 22.9 Å². The zero-order valence-electron chi connectivity index (χ0n) is 8.44. The summed E-state index contributed by atoms with van der Waals surface area (Å²) in [6.45, 7) is 1.84. The van der Waals surface area contributed by atoms with E-state index in [9.17, 15) is 5.11 Å². The van der Waals surface area contributed by atoms with Crippen molar-refractivity contribution in [1.29, 1.82) is 0 Å². The lowest BCUT2D eigenvalue weighted by Crippen LogP contribution is -1.99. The molecule has 2 aromatic rings. The number of aromatic nitrogens is 2. The Bertz CT molecular complexity index is 464. The van der Waals surface area contributed by atoms with E-state index < -0.39 is 6.10 Å². The van der Waals surface area contributed by atoms with Gasteiger partial charge in [-0.15, -0.1) is 0 Å². The molecule has 1 N–H and O–H groups in total. The van der Waals surface area contributed by atoms with Crippen LogP contribution in [-0.4, -0.2) is 14.9 Å². The molecule has 0 saturated heterocycles. The Balaban J connectivity index is 2.46. The standard InChI is InChI=1S/C10H11ClN2OS/c1-6-8(10(11)13(2)12-6)9(14)7-3-4-15-5-7/h3-5,9,14H,1-2H3. The minimum absolute atomic E-state index is 0.492. The molecule has 0 aliphatic carbocycles. The van der Waals surface area contributed by atoms with Gasteiger partial charge >= 0.3 is 0 Å². The highest BCUT2D eigenvalue weighted by Gasteiger charge is 2.20. The van der Waals surface area contributed by atoms with Gasteiger partial charge in [0.25, 0.3) is 0 Å². The van der Waals surface area contributed by atoms with E-state index in [1.807, 2.05) is 23.8 Å². The van der Waals surface area contributed by atoms with Gasteiger partial charge in [-0.05, 0) is 29.3 Å². The van der Waals surface area contributed by atoms with Crippen LogP contribution in [0.3, 0.4) is 0 Å². The highest BCUT2D eigenvalue weighted by Crippen LogP contribution is 2.31. The van der Waals surface area contributed by atoms with Crippen molar-refractivity contribution in [1.82, 2.24) is 9.78 Å². The molecular formula is C10H11ClN2OS. The molecule has 0 aliphatic rings. The van der Waals surface area contributed by atoms with E-state index in [2.05, 4.69) is 5.10 Å². The van der Waals surface area contributed by atoms with Crippen LogP contribution in [0.15, 0.2) is 16.8 Å². The number of hydrogen-bond donors (Lipinski definition) is 1. The van der Waals surface area contributed by atoms with Crippen molar-refractivity contribution in [3.05, 3.63) is 38.8 Å². The molecule has 1 atom stereocenters. The van der Waals surface area contributed by atoms with E-state index in [4.69, 9.17) is 11.6 Å². The summed E-state index contributed by atoms with van der Waals surface area (Å²) in [7, 11) is 1.76. The molecule has 0 spiro atoms. The predicted molar refractivity (Wildman–Crippen MR) is 61.3 cm³/mol. The number of aliphatic hydroxyl groups excluding tert-OH is 1. The van der Waals surface area contributed by atoms with Gasteiger partial charge in [-0.3, -0.25) is 4.68 Å². The largest absolute Gasteiger partial charge is 0.383 e. The van der Waals surface area contributed by atoms with Gasteiger partial charge in [0.15, 0.2) is 0 Å². The maximum absolute atomic E-state index is 10.1. The minimum Gasteiger partial charge on any atom is -0.383 e. The zero-order valence-corrected chi connectivity index (χ0v) is 10.0. The van der Waals surface area contributed by atoms with Crippen molar-refractivity contribution < 1.29 is 5.11 Å². The Morgan fingerprint density at radius 2 is 2.33 bits per heavy atom. The third kappa shape index (κ3) is 1.80. The first-order valence-corrected chi connectivity index (χ1v) is 5.82. The lowest BCUT2D eigenvalue weighted by Gasteiger charge is -2.08. The van der Waals surface area contributed by atoms with Gasteiger partial charge in [0.05, 0.1) is 5.69 Å². The van der Waals surface area contributed by atoms with E-state index in [0.29, 0.717) is 10.7 Å². The van der Waals surface area contributed by atoms with Gasteiger partial charge in [-0.25, -0.2) is 0 Å². The summed E-state index contributed by atoms with van der Waals surface area (Å²) >= 11 is 7.62. The van der Waals surface area contributed by atoms with E-state index in [0.717, 1.165) is 11.3 Å². The second-order valence-electron chi connectivity index (χ2n) is 3.37. The van der Waals surface area contributed by atoms with Crippen molar-refractivity contribution in [2.45, 2.75) is 13.0 Å². The number of rotatable bonds is 2. The lowest BCUT2D eigenvalue weighted by atomic mass is 10.1. The fourth-order valence-electron chi connectivity index (χ4n) is 1.55. The first-order valence-electron chi connectivity index (χ1n) is 4.50. The highest BCUT2D eigenvalue weighted by atomic mass is 35.5. The number of aliphatic hydroxyl groups is 1. The van der Waals surface area contributed by atoms with Crippen molar-refractivity contribution in [3.8, 4) is 0 Å². The van der Waals surface area contributed by atoms with Crippen LogP contribution in [0.2, 0.25) is 5.15 Å². The molecule has 15 heavy (non-hydrogen) atoms. The quantitative estimate of drug-likeness (QED) is 0.879. The smallest absolute Gasteiger partial charge is 0.133 e. The van der Waals surface area contributed by atoms with Crippen molar-refractivity contribution in [2.24, 2.45) is 7.05 Å². The number of hydrogen-bond acceptors (Lipinski definition) is 3. The number of thiophene rings is 1. The fraction of sp³-hybridized carbons (Fsp3) is 0.300. The van der Waals surface area contributed by atoms with Gasteiger partial charge in [0.2, 0.25) is 0 Å². The average Bonchev–Trinajstić information content (AvgIpc) is 2.76. The molecule has 2 heterocycles. The van der Waals surface area contributed by atoms with E-state index >= 15 is 0 Å². The summed E-state index contributed by atoms with van der Waals surface area (Å²) in [5, 5.41) is 18.6. The van der Waals surface area contributed by atoms with E-state index in [1.54, 1.807) is 23.1 Å². The minimum atomic E-state index is -0.683. The Kier molecular flexibility index (Phi) is 2.82. The molecule has 5 heteroatoms. The maximum Gasteiger partial charge on any atom is 0.133 e. The number of nitrogens with zero attached hydrogens (tertiary/aromatic N) is 2. The Morgan fingerprint density at radius 3 is 2.80 bits per heavy atom. The third-order valence-corrected chi connectivity index (χ3v) is 3.48. The van der Waals surface area contributed by atoms with Crippen LogP contribution in [0, 0.1) is 6.92 Å². The highest BCUT2D eigenvalue weighted by molar-refractivity contribution is 7.07. The van der Waals surface area contributed by atoms with Crippen LogP contribution in [0.1, 0.15) is 22.9 Å². The molecule has 0 fully saturated rings. The SMILES string of the molecule is Cc1nn(C)c(Cl)c1C(O)c1ccsc1. The summed E-state index contributed by atoms with van der Waals surface area (Å²) in [6, 6.07) is 1.89. The topological polar surface area (TPSA) is 38.0 Å². The molecule has 1 unspecified atom stereocenters. The van der Waals surface area contributed by atoms with Crippen molar-refractivity contribution in [2.75, 3.05) is 0 Å². The number of aryl methyl sites for hydroxylation is 2. The average molecular weight is 243 g/mol. The summed E-state index contributed by atoms with van der Waals surface area (Å²) in [6.07, 6.45) is -0.683. The van der Waals surface area contributed by atoms with Gasteiger partial charge in [-0.2, -0.15) is 16.4 Å². The summed E-state index contributed by atoms with van der Waals surface area (Å²) < 4.78 is 1.57. The van der Waals surface area contributed by atoms with Crippen LogP contribution < -0.4 is 0 Å². The number of halogens is 1. The normalized spacial score (nSPS) is 13.1. The lowest BCUT2D eigenvalue weighted by molar-refractivity contribution is 0.220. The molecule has 2 aromatic heterocycles. The van der Waals surface area contributed by atoms with Crippen LogP contribution in [0.25, 0.3) is 0 Å². The molecule has 0 amide bonds. The molecule has 3 nitrogen and oxygen atoms in total. The van der Waals surface area contributed by atoms with Crippen LogP contribution in [0.4, 0.5) is 0 Å². The van der Waals surface area contributed by atoms with E-state index in [1.165, 1.54) is 0 Å². The molecule has 0 aliphatic heterocycles. The van der Waals surface area contributed by atoms with Gasteiger partial charge in [-0.1, -0.05) is 11.6 Å². The molecule has 0 bridgehead atoms. The third-order valence-electron chi connectivity index (χ3n) is 2.33. The first kappa shape index (κ1) is 10.7. The van der Waals surface area contributed by atoms with Crippen LogP contribution in [0.5, 0.6) is 0 Å². The second-order valence-corrected chi connectivity index (χ2v) is 4.51. The molecular weight excluding hydrogens is 232 g/mol. The first-order chi connectivity index (χ1) is 7.11. The fourth-order valence-corrected chi connectivity index (χ4v) is 2.51. The zero-order chi connectivity index (χ0) is 11.0.